The summed E-state index contributed by atoms with van der Waals surface area (Å²) in [6.07, 6.45) is 3.37. The number of carboxylic acid groups (broad SMARTS) is 1. The molecule has 0 bridgehead atoms. The number of urea groups is 1. The Morgan fingerprint density at radius 3 is 2.82 bits per heavy atom. The third-order valence-electron chi connectivity index (χ3n) is 3.08. The largest absolute Gasteiger partial charge is 0.481 e. The van der Waals surface area contributed by atoms with Gasteiger partial charge in [-0.2, -0.15) is 11.8 Å². The van der Waals surface area contributed by atoms with Gasteiger partial charge in [0, 0.05) is 25.4 Å². The summed E-state index contributed by atoms with van der Waals surface area (Å²) in [6.45, 7) is 3.28. The van der Waals surface area contributed by atoms with Gasteiger partial charge in [-0.15, -0.1) is 0 Å². The molecule has 5 nitrogen and oxygen atoms in total. The van der Waals surface area contributed by atoms with E-state index >= 15 is 0 Å². The second-order valence-electron chi connectivity index (χ2n) is 4.62. The normalized spacial score (nSPS) is 24.5. The molecular weight excluding hydrogens is 240 g/mol. The first kappa shape index (κ1) is 14.2. The summed E-state index contributed by atoms with van der Waals surface area (Å²) in [7, 11) is 0. The summed E-state index contributed by atoms with van der Waals surface area (Å²) >= 11 is 1.67. The molecule has 0 aromatic rings. The molecule has 6 heteroatoms. The molecule has 1 aliphatic rings. The highest BCUT2D eigenvalue weighted by atomic mass is 32.2. The summed E-state index contributed by atoms with van der Waals surface area (Å²) < 4.78 is 0. The molecule has 1 fully saturated rings. The first-order valence-corrected chi connectivity index (χ1v) is 7.14. The van der Waals surface area contributed by atoms with Crippen LogP contribution in [0.15, 0.2) is 0 Å². The van der Waals surface area contributed by atoms with Crippen LogP contribution in [0.5, 0.6) is 0 Å². The number of hydrogen-bond acceptors (Lipinski definition) is 3. The Balaban J connectivity index is 2.49. The number of carbonyl (C=O) groups is 2. The van der Waals surface area contributed by atoms with Gasteiger partial charge in [-0.05, 0) is 26.0 Å². The lowest BCUT2D eigenvalue weighted by Gasteiger charge is -2.37. The van der Waals surface area contributed by atoms with Gasteiger partial charge >= 0.3 is 12.0 Å². The Kier molecular flexibility index (Phi) is 5.11. The molecule has 0 aliphatic carbocycles. The standard InChI is InChI=1S/C11H20N2O3S/c1-11(9(14)15)4-3-6-13(8-11)10(16)12-5-7-17-2/h3-8H2,1-2H3,(H,12,16)(H,14,15). The number of aliphatic carboxylic acids is 1. The molecule has 1 aliphatic heterocycles. The van der Waals surface area contributed by atoms with Gasteiger partial charge in [0.15, 0.2) is 0 Å². The van der Waals surface area contributed by atoms with Crippen LogP contribution in [-0.2, 0) is 4.79 Å². The van der Waals surface area contributed by atoms with Crippen molar-refractivity contribution in [1.29, 1.82) is 0 Å². The van der Waals surface area contributed by atoms with Gasteiger partial charge in [0.25, 0.3) is 0 Å². The van der Waals surface area contributed by atoms with E-state index in [1.54, 1.807) is 23.6 Å². The molecule has 0 spiro atoms. The maximum atomic E-state index is 11.8. The molecule has 0 aromatic heterocycles. The highest BCUT2D eigenvalue weighted by molar-refractivity contribution is 7.98. The summed E-state index contributed by atoms with van der Waals surface area (Å²) in [4.78, 5) is 24.5. The van der Waals surface area contributed by atoms with Gasteiger partial charge in [-0.1, -0.05) is 0 Å². The van der Waals surface area contributed by atoms with Crippen LogP contribution in [0, 0.1) is 5.41 Å². The van der Waals surface area contributed by atoms with Crippen molar-refractivity contribution in [2.75, 3.05) is 31.6 Å². The molecule has 2 amide bonds. The van der Waals surface area contributed by atoms with E-state index in [1.165, 1.54) is 0 Å². The zero-order chi connectivity index (χ0) is 12.9. The van der Waals surface area contributed by atoms with Gasteiger partial charge in [0.05, 0.1) is 5.41 Å². The topological polar surface area (TPSA) is 69.6 Å². The molecule has 17 heavy (non-hydrogen) atoms. The van der Waals surface area contributed by atoms with Crippen LogP contribution in [0.1, 0.15) is 19.8 Å². The monoisotopic (exact) mass is 260 g/mol. The van der Waals surface area contributed by atoms with Crippen LogP contribution >= 0.6 is 11.8 Å². The lowest BCUT2D eigenvalue weighted by molar-refractivity contribution is -0.150. The number of carbonyl (C=O) groups excluding carboxylic acids is 1. The Hall–Kier alpha value is -0.910. The van der Waals surface area contributed by atoms with Gasteiger partial charge in [0.1, 0.15) is 0 Å². The minimum Gasteiger partial charge on any atom is -0.481 e. The Morgan fingerprint density at radius 1 is 1.53 bits per heavy atom. The second kappa shape index (κ2) is 6.14. The van der Waals surface area contributed by atoms with Crippen molar-refractivity contribution >= 4 is 23.8 Å². The molecule has 1 atom stereocenters. The first-order valence-electron chi connectivity index (χ1n) is 5.75. The predicted molar refractivity (Wildman–Crippen MR) is 68.3 cm³/mol. The minimum atomic E-state index is -0.820. The lowest BCUT2D eigenvalue weighted by atomic mass is 9.82. The average molecular weight is 260 g/mol. The molecule has 0 saturated carbocycles. The van der Waals surface area contributed by atoms with Crippen LogP contribution in [0.4, 0.5) is 4.79 Å². The maximum absolute atomic E-state index is 11.8. The number of nitrogens with one attached hydrogen (secondary N) is 1. The Morgan fingerprint density at radius 2 is 2.24 bits per heavy atom. The van der Waals surface area contributed by atoms with E-state index < -0.39 is 11.4 Å². The van der Waals surface area contributed by atoms with E-state index in [4.69, 9.17) is 5.11 Å². The molecule has 0 aromatic carbocycles. The summed E-state index contributed by atoms with van der Waals surface area (Å²) in [5.41, 5.74) is -0.797. The van der Waals surface area contributed by atoms with Gasteiger partial charge in [0.2, 0.25) is 0 Å². The highest BCUT2D eigenvalue weighted by Gasteiger charge is 2.39. The van der Waals surface area contributed by atoms with Gasteiger partial charge in [-0.25, -0.2) is 4.79 Å². The molecule has 1 rings (SSSR count). The number of hydrogen-bond donors (Lipinski definition) is 2. The number of carboxylic acids is 1. The van der Waals surface area contributed by atoms with Crippen LogP contribution < -0.4 is 5.32 Å². The predicted octanol–water partition coefficient (Wildman–Crippen LogP) is 1.25. The van der Waals surface area contributed by atoms with Crippen molar-refractivity contribution in [3.8, 4) is 0 Å². The Bertz CT molecular complexity index is 298. The molecule has 98 valence electrons. The summed E-state index contributed by atoms with van der Waals surface area (Å²) in [5.74, 6) is 0.0505. The average Bonchev–Trinajstić information content (AvgIpc) is 2.29. The number of thioether (sulfide) groups is 1. The fourth-order valence-corrected chi connectivity index (χ4v) is 2.27. The third kappa shape index (κ3) is 3.80. The van der Waals surface area contributed by atoms with Crippen LogP contribution in [0.2, 0.25) is 0 Å². The van der Waals surface area contributed by atoms with Crippen molar-refractivity contribution in [3.05, 3.63) is 0 Å². The quantitative estimate of drug-likeness (QED) is 0.746. The van der Waals surface area contributed by atoms with Crippen molar-refractivity contribution in [2.24, 2.45) is 5.41 Å². The molecule has 1 saturated heterocycles. The fourth-order valence-electron chi connectivity index (χ4n) is 1.96. The lowest BCUT2D eigenvalue weighted by Crippen LogP contribution is -2.51. The number of piperidine rings is 1. The third-order valence-corrected chi connectivity index (χ3v) is 3.69. The summed E-state index contributed by atoms with van der Waals surface area (Å²) in [5, 5.41) is 12.0. The molecule has 1 heterocycles. The van der Waals surface area contributed by atoms with E-state index in [-0.39, 0.29) is 6.03 Å². The maximum Gasteiger partial charge on any atom is 0.317 e. The molecule has 2 N–H and O–H groups in total. The van der Waals surface area contributed by atoms with E-state index in [0.717, 1.165) is 12.2 Å². The fraction of sp³-hybridized carbons (Fsp3) is 0.818. The number of amides is 2. The number of nitrogens with zero attached hydrogens (tertiary/aromatic N) is 1. The molecule has 1 unspecified atom stereocenters. The van der Waals surface area contributed by atoms with Gasteiger partial charge < -0.3 is 15.3 Å². The van der Waals surface area contributed by atoms with Gasteiger partial charge in [-0.3, -0.25) is 4.79 Å². The van der Waals surface area contributed by atoms with Crippen LogP contribution in [-0.4, -0.2) is 53.6 Å². The zero-order valence-electron chi connectivity index (χ0n) is 10.4. The van der Waals surface area contributed by atoms with E-state index in [2.05, 4.69) is 5.32 Å². The minimum absolute atomic E-state index is 0.147. The smallest absolute Gasteiger partial charge is 0.317 e. The van der Waals surface area contributed by atoms with E-state index in [0.29, 0.717) is 26.1 Å². The first-order chi connectivity index (χ1) is 7.99. The number of rotatable bonds is 4. The van der Waals surface area contributed by atoms with Crippen molar-refractivity contribution in [3.63, 3.8) is 0 Å². The van der Waals surface area contributed by atoms with Crippen molar-refractivity contribution < 1.29 is 14.7 Å². The SMILES string of the molecule is CSCCNC(=O)N1CCCC(C)(C(=O)O)C1. The van der Waals surface area contributed by atoms with E-state index in [1.807, 2.05) is 6.26 Å². The van der Waals surface area contributed by atoms with Crippen molar-refractivity contribution in [2.45, 2.75) is 19.8 Å². The van der Waals surface area contributed by atoms with Crippen LogP contribution in [0.25, 0.3) is 0 Å². The van der Waals surface area contributed by atoms with Crippen LogP contribution in [0.3, 0.4) is 0 Å². The molecular formula is C11H20N2O3S. The molecule has 0 radical (unpaired) electrons. The number of likely N-dealkylation sites (tertiary alicyclic amines) is 1. The highest BCUT2D eigenvalue weighted by Crippen LogP contribution is 2.29. The Labute approximate surface area is 106 Å². The summed E-state index contributed by atoms with van der Waals surface area (Å²) in [6, 6.07) is -0.147. The van der Waals surface area contributed by atoms with E-state index in [9.17, 15) is 9.59 Å². The second-order valence-corrected chi connectivity index (χ2v) is 5.60. The zero-order valence-corrected chi connectivity index (χ0v) is 11.2. The van der Waals surface area contributed by atoms with Crippen molar-refractivity contribution in [1.82, 2.24) is 10.2 Å².